The van der Waals surface area contributed by atoms with Crippen LogP contribution in [0.2, 0.25) is 0 Å². The summed E-state index contributed by atoms with van der Waals surface area (Å²) < 4.78 is 0. The highest BCUT2D eigenvalue weighted by atomic mass is 15.2. The fourth-order valence-corrected chi connectivity index (χ4v) is 3.64. The van der Waals surface area contributed by atoms with Gasteiger partial charge < -0.3 is 5.32 Å². The first-order valence-corrected chi connectivity index (χ1v) is 8.94. The zero-order valence-corrected chi connectivity index (χ0v) is 14.8. The van der Waals surface area contributed by atoms with E-state index in [1.807, 2.05) is 0 Å². The SMILES string of the molecule is CCC1CCC(C)N1CC(CC)(CC)CNCC(C)C. The Morgan fingerprint density at radius 1 is 1.15 bits per heavy atom. The second-order valence-corrected chi connectivity index (χ2v) is 7.39. The van der Waals surface area contributed by atoms with Crippen LogP contribution in [-0.4, -0.2) is 36.6 Å². The summed E-state index contributed by atoms with van der Waals surface area (Å²) in [6.45, 7) is 17.7. The summed E-state index contributed by atoms with van der Waals surface area (Å²) in [5.74, 6) is 0.746. The van der Waals surface area contributed by atoms with Crippen molar-refractivity contribution < 1.29 is 0 Å². The lowest BCUT2D eigenvalue weighted by Crippen LogP contribution is -2.47. The van der Waals surface area contributed by atoms with Crippen LogP contribution in [-0.2, 0) is 0 Å². The monoisotopic (exact) mass is 282 g/mol. The van der Waals surface area contributed by atoms with Crippen LogP contribution < -0.4 is 5.32 Å². The van der Waals surface area contributed by atoms with Gasteiger partial charge in [0.05, 0.1) is 0 Å². The Morgan fingerprint density at radius 3 is 2.30 bits per heavy atom. The summed E-state index contributed by atoms with van der Waals surface area (Å²) in [6, 6.07) is 1.61. The highest BCUT2D eigenvalue weighted by Gasteiger charge is 2.36. The number of likely N-dealkylation sites (tertiary alicyclic amines) is 1. The Labute approximate surface area is 127 Å². The smallest absolute Gasteiger partial charge is 0.00962 e. The van der Waals surface area contributed by atoms with Crippen molar-refractivity contribution in [2.24, 2.45) is 11.3 Å². The number of nitrogens with one attached hydrogen (secondary N) is 1. The Morgan fingerprint density at radius 2 is 1.80 bits per heavy atom. The van der Waals surface area contributed by atoms with E-state index in [1.165, 1.54) is 45.2 Å². The van der Waals surface area contributed by atoms with Crippen LogP contribution >= 0.6 is 0 Å². The predicted molar refractivity (Wildman–Crippen MR) is 90.2 cm³/mol. The molecule has 0 amide bonds. The molecule has 2 unspecified atom stereocenters. The van der Waals surface area contributed by atoms with Crippen LogP contribution in [0.3, 0.4) is 0 Å². The van der Waals surface area contributed by atoms with Crippen LogP contribution in [0.5, 0.6) is 0 Å². The molecule has 1 fully saturated rings. The van der Waals surface area contributed by atoms with Crippen LogP contribution in [0.25, 0.3) is 0 Å². The molecule has 0 aromatic rings. The molecule has 0 aliphatic carbocycles. The maximum Gasteiger partial charge on any atom is 0.00962 e. The fourth-order valence-electron chi connectivity index (χ4n) is 3.64. The van der Waals surface area contributed by atoms with Gasteiger partial charge >= 0.3 is 0 Å². The van der Waals surface area contributed by atoms with Crippen LogP contribution in [0.15, 0.2) is 0 Å². The Kier molecular flexibility index (Phi) is 7.53. The molecule has 0 radical (unpaired) electrons. The van der Waals surface area contributed by atoms with Crippen molar-refractivity contribution >= 4 is 0 Å². The molecule has 0 aromatic carbocycles. The van der Waals surface area contributed by atoms with Gasteiger partial charge in [-0.1, -0.05) is 34.6 Å². The summed E-state index contributed by atoms with van der Waals surface area (Å²) in [5.41, 5.74) is 0.459. The molecule has 1 aliphatic rings. The van der Waals surface area contributed by atoms with Gasteiger partial charge in [0.25, 0.3) is 0 Å². The van der Waals surface area contributed by atoms with Gasteiger partial charge in [-0.05, 0) is 56.9 Å². The van der Waals surface area contributed by atoms with Crippen molar-refractivity contribution in [2.75, 3.05) is 19.6 Å². The highest BCUT2D eigenvalue weighted by Crippen LogP contribution is 2.34. The average Bonchev–Trinajstić information content (AvgIpc) is 2.77. The molecule has 1 saturated heterocycles. The summed E-state index contributed by atoms with van der Waals surface area (Å²) in [5, 5.41) is 3.72. The minimum atomic E-state index is 0.459. The zero-order chi connectivity index (χ0) is 15.2. The van der Waals surface area contributed by atoms with Crippen LogP contribution in [0, 0.1) is 11.3 Å². The second-order valence-electron chi connectivity index (χ2n) is 7.39. The molecule has 1 N–H and O–H groups in total. The lowest BCUT2D eigenvalue weighted by molar-refractivity contribution is 0.0964. The third kappa shape index (κ3) is 4.73. The van der Waals surface area contributed by atoms with Crippen molar-refractivity contribution in [3.05, 3.63) is 0 Å². The molecule has 120 valence electrons. The van der Waals surface area contributed by atoms with Gasteiger partial charge in [-0.3, -0.25) is 4.90 Å². The predicted octanol–water partition coefficient (Wildman–Crippen LogP) is 4.30. The number of hydrogen-bond acceptors (Lipinski definition) is 2. The molecular weight excluding hydrogens is 244 g/mol. The molecule has 0 saturated carbocycles. The maximum atomic E-state index is 3.72. The molecule has 2 atom stereocenters. The van der Waals surface area contributed by atoms with E-state index in [1.54, 1.807) is 0 Å². The van der Waals surface area contributed by atoms with Gasteiger partial charge in [0.15, 0.2) is 0 Å². The van der Waals surface area contributed by atoms with E-state index < -0.39 is 0 Å². The Bertz CT molecular complexity index is 258. The quantitative estimate of drug-likeness (QED) is 0.678. The molecular formula is C18H38N2. The van der Waals surface area contributed by atoms with Gasteiger partial charge in [-0.15, -0.1) is 0 Å². The Hall–Kier alpha value is -0.0800. The first-order chi connectivity index (χ1) is 9.48. The molecule has 20 heavy (non-hydrogen) atoms. The number of rotatable bonds is 9. The van der Waals surface area contributed by atoms with Crippen molar-refractivity contribution in [3.8, 4) is 0 Å². The van der Waals surface area contributed by atoms with E-state index in [-0.39, 0.29) is 0 Å². The van der Waals surface area contributed by atoms with Gasteiger partial charge in [0.2, 0.25) is 0 Å². The summed E-state index contributed by atoms with van der Waals surface area (Å²) in [4.78, 5) is 2.81. The molecule has 0 bridgehead atoms. The normalized spacial score (nSPS) is 24.8. The lowest BCUT2D eigenvalue weighted by atomic mass is 9.81. The first kappa shape index (κ1) is 18.0. The standard InChI is InChI=1S/C18H38N2/c1-7-17-11-10-16(6)20(17)14-18(8-2,9-3)13-19-12-15(4)5/h15-17,19H,7-14H2,1-6H3. The van der Waals surface area contributed by atoms with Crippen LogP contribution in [0.4, 0.5) is 0 Å². The molecule has 0 spiro atoms. The molecule has 1 rings (SSSR count). The van der Waals surface area contributed by atoms with E-state index in [2.05, 4.69) is 51.8 Å². The number of nitrogens with zero attached hydrogens (tertiary/aromatic N) is 1. The van der Waals surface area contributed by atoms with E-state index in [0.717, 1.165) is 24.5 Å². The third-order valence-electron chi connectivity index (χ3n) is 5.49. The van der Waals surface area contributed by atoms with Crippen LogP contribution in [0.1, 0.15) is 73.6 Å². The minimum Gasteiger partial charge on any atom is -0.316 e. The molecule has 1 heterocycles. The minimum absolute atomic E-state index is 0.459. The van der Waals surface area contributed by atoms with E-state index >= 15 is 0 Å². The third-order valence-corrected chi connectivity index (χ3v) is 5.49. The topological polar surface area (TPSA) is 15.3 Å². The van der Waals surface area contributed by atoms with Crippen molar-refractivity contribution in [3.63, 3.8) is 0 Å². The van der Waals surface area contributed by atoms with Gasteiger partial charge in [-0.25, -0.2) is 0 Å². The van der Waals surface area contributed by atoms with Gasteiger partial charge in [-0.2, -0.15) is 0 Å². The van der Waals surface area contributed by atoms with Gasteiger partial charge in [0, 0.05) is 25.2 Å². The molecule has 2 heteroatoms. The van der Waals surface area contributed by atoms with E-state index in [4.69, 9.17) is 0 Å². The first-order valence-electron chi connectivity index (χ1n) is 8.94. The molecule has 1 aliphatic heterocycles. The summed E-state index contributed by atoms with van der Waals surface area (Å²) in [6.07, 6.45) is 6.68. The lowest BCUT2D eigenvalue weighted by Gasteiger charge is -2.40. The second kappa shape index (κ2) is 8.38. The maximum absolute atomic E-state index is 3.72. The van der Waals surface area contributed by atoms with E-state index in [9.17, 15) is 0 Å². The summed E-state index contributed by atoms with van der Waals surface area (Å²) in [7, 11) is 0. The zero-order valence-electron chi connectivity index (χ0n) is 14.8. The summed E-state index contributed by atoms with van der Waals surface area (Å²) >= 11 is 0. The fraction of sp³-hybridized carbons (Fsp3) is 1.00. The molecule has 0 aromatic heterocycles. The van der Waals surface area contributed by atoms with Gasteiger partial charge in [0.1, 0.15) is 0 Å². The number of hydrogen-bond donors (Lipinski definition) is 1. The van der Waals surface area contributed by atoms with Crippen molar-refractivity contribution in [2.45, 2.75) is 85.7 Å². The largest absolute Gasteiger partial charge is 0.316 e. The average molecular weight is 283 g/mol. The van der Waals surface area contributed by atoms with Crippen molar-refractivity contribution in [1.82, 2.24) is 10.2 Å². The molecule has 2 nitrogen and oxygen atoms in total. The highest BCUT2D eigenvalue weighted by molar-refractivity contribution is 4.91. The van der Waals surface area contributed by atoms with E-state index in [0.29, 0.717) is 5.41 Å². The Balaban J connectivity index is 2.64. The van der Waals surface area contributed by atoms with Crippen molar-refractivity contribution in [1.29, 1.82) is 0 Å².